The van der Waals surface area contributed by atoms with Gasteiger partial charge >= 0.3 is 6.18 Å². The summed E-state index contributed by atoms with van der Waals surface area (Å²) < 4.78 is 60.2. The van der Waals surface area contributed by atoms with E-state index in [1.54, 1.807) is 4.72 Å². The molecule has 0 saturated heterocycles. The first-order valence-electron chi connectivity index (χ1n) is 4.88. The quantitative estimate of drug-likeness (QED) is 0.869. The third-order valence-corrected chi connectivity index (χ3v) is 3.54. The van der Waals surface area contributed by atoms with Crippen LogP contribution < -0.4 is 4.72 Å². The van der Waals surface area contributed by atoms with E-state index in [2.05, 4.69) is 0 Å². The van der Waals surface area contributed by atoms with Gasteiger partial charge in [0.2, 0.25) is 10.0 Å². The Morgan fingerprint density at radius 1 is 1.37 bits per heavy atom. The standard InChI is InChI=1S/C10H9ClF3NO3S/c1-6(16)8-3-2-7(4-9(8)11)15-19(17,18)5-10(12,13)14/h2-4,15H,5H2,1H3. The zero-order valence-electron chi connectivity index (χ0n) is 9.58. The van der Waals surface area contributed by atoms with Crippen LogP contribution in [0.4, 0.5) is 18.9 Å². The fourth-order valence-corrected chi connectivity index (χ4v) is 2.60. The number of Topliss-reactive ketones (excluding diaryl/α,β-unsaturated/α-hetero) is 1. The lowest BCUT2D eigenvalue weighted by Gasteiger charge is -2.11. The predicted molar refractivity (Wildman–Crippen MR) is 64.9 cm³/mol. The Morgan fingerprint density at radius 3 is 2.37 bits per heavy atom. The number of carbonyl (C=O) groups excluding carboxylic acids is 1. The first-order valence-corrected chi connectivity index (χ1v) is 6.91. The van der Waals surface area contributed by atoms with E-state index in [-0.39, 0.29) is 22.1 Å². The maximum absolute atomic E-state index is 12.0. The molecule has 1 aromatic rings. The monoisotopic (exact) mass is 315 g/mol. The van der Waals surface area contributed by atoms with Gasteiger partial charge < -0.3 is 0 Å². The molecule has 1 rings (SSSR count). The first kappa shape index (κ1) is 15.8. The summed E-state index contributed by atoms with van der Waals surface area (Å²) in [5.41, 5.74) is 0.0136. The van der Waals surface area contributed by atoms with Crippen LogP contribution in [0.15, 0.2) is 18.2 Å². The summed E-state index contributed by atoms with van der Waals surface area (Å²) in [6.45, 7) is 1.26. The fraction of sp³-hybridized carbons (Fsp3) is 0.300. The Morgan fingerprint density at radius 2 is 1.95 bits per heavy atom. The van der Waals surface area contributed by atoms with Gasteiger partial charge in [-0.05, 0) is 25.1 Å². The Labute approximate surface area is 112 Å². The third-order valence-electron chi connectivity index (χ3n) is 1.98. The van der Waals surface area contributed by atoms with Crippen LogP contribution in [0.25, 0.3) is 0 Å². The van der Waals surface area contributed by atoms with Crippen molar-refractivity contribution < 1.29 is 26.4 Å². The van der Waals surface area contributed by atoms with Gasteiger partial charge in [-0.25, -0.2) is 8.42 Å². The molecular formula is C10H9ClF3NO3S. The van der Waals surface area contributed by atoms with Crippen molar-refractivity contribution >= 4 is 33.1 Å². The first-order chi connectivity index (χ1) is 8.50. The van der Waals surface area contributed by atoms with Crippen LogP contribution in [0, 0.1) is 0 Å². The molecule has 0 unspecified atom stereocenters. The van der Waals surface area contributed by atoms with Crippen LogP contribution in [0.3, 0.4) is 0 Å². The molecule has 0 saturated carbocycles. The minimum atomic E-state index is -4.84. The summed E-state index contributed by atoms with van der Waals surface area (Å²) in [7, 11) is -4.56. The maximum Gasteiger partial charge on any atom is 0.404 e. The number of anilines is 1. The molecule has 0 aliphatic carbocycles. The molecule has 0 aliphatic rings. The van der Waals surface area contributed by atoms with E-state index < -0.39 is 22.0 Å². The summed E-state index contributed by atoms with van der Waals surface area (Å²) in [4.78, 5) is 11.1. The van der Waals surface area contributed by atoms with Crippen molar-refractivity contribution in [2.75, 3.05) is 10.5 Å². The smallest absolute Gasteiger partial charge is 0.294 e. The minimum absolute atomic E-state index is 0.0419. The highest BCUT2D eigenvalue weighted by Crippen LogP contribution is 2.24. The number of rotatable bonds is 4. The number of nitrogens with one attached hydrogen (secondary N) is 1. The molecule has 0 fully saturated rings. The van der Waals surface area contributed by atoms with E-state index in [1.807, 2.05) is 0 Å². The highest BCUT2D eigenvalue weighted by Gasteiger charge is 2.35. The number of benzene rings is 1. The van der Waals surface area contributed by atoms with Crippen molar-refractivity contribution in [3.05, 3.63) is 28.8 Å². The topological polar surface area (TPSA) is 63.2 Å². The SMILES string of the molecule is CC(=O)c1ccc(NS(=O)(=O)CC(F)(F)F)cc1Cl. The van der Waals surface area contributed by atoms with Gasteiger partial charge in [0, 0.05) is 11.3 Å². The lowest BCUT2D eigenvalue weighted by molar-refractivity contribution is -0.106. The average molecular weight is 316 g/mol. The Bertz CT molecular complexity index is 599. The summed E-state index contributed by atoms with van der Waals surface area (Å²) >= 11 is 5.71. The van der Waals surface area contributed by atoms with Gasteiger partial charge in [0.25, 0.3) is 0 Å². The molecule has 9 heteroatoms. The number of sulfonamides is 1. The summed E-state index contributed by atoms with van der Waals surface area (Å²) in [6, 6.07) is 3.47. The third kappa shape index (κ3) is 5.07. The van der Waals surface area contributed by atoms with Crippen LogP contribution in [0.5, 0.6) is 0 Å². The molecule has 0 aromatic heterocycles. The van der Waals surface area contributed by atoms with Gasteiger partial charge in [-0.3, -0.25) is 9.52 Å². The van der Waals surface area contributed by atoms with Crippen LogP contribution >= 0.6 is 11.6 Å². The molecule has 0 amide bonds. The van der Waals surface area contributed by atoms with Crippen molar-refractivity contribution in [3.63, 3.8) is 0 Å². The lowest BCUT2D eigenvalue weighted by Crippen LogP contribution is -2.27. The Balaban J connectivity index is 2.95. The van der Waals surface area contributed by atoms with Crippen LogP contribution in [-0.2, 0) is 10.0 Å². The summed E-state index contributed by atoms with van der Waals surface area (Å²) in [5.74, 6) is -2.33. The molecule has 1 N–H and O–H groups in total. The van der Waals surface area contributed by atoms with Crippen LogP contribution in [0.2, 0.25) is 5.02 Å². The molecule has 0 radical (unpaired) electrons. The van der Waals surface area contributed by atoms with Crippen molar-refractivity contribution in [2.45, 2.75) is 13.1 Å². The number of hydrogen-bond acceptors (Lipinski definition) is 3. The van der Waals surface area contributed by atoms with Crippen molar-refractivity contribution in [1.82, 2.24) is 0 Å². The largest absolute Gasteiger partial charge is 0.404 e. The fourth-order valence-electron chi connectivity index (χ4n) is 1.30. The lowest BCUT2D eigenvalue weighted by atomic mass is 10.1. The van der Waals surface area contributed by atoms with E-state index in [9.17, 15) is 26.4 Å². The predicted octanol–water partition coefficient (Wildman–Crippen LogP) is 2.85. The zero-order valence-corrected chi connectivity index (χ0v) is 11.2. The van der Waals surface area contributed by atoms with Crippen molar-refractivity contribution in [2.24, 2.45) is 0 Å². The Kier molecular flexibility index (Phi) is 4.46. The summed E-state index contributed by atoms with van der Waals surface area (Å²) in [6.07, 6.45) is -4.84. The maximum atomic E-state index is 12.0. The molecule has 0 aliphatic heterocycles. The van der Waals surface area contributed by atoms with Gasteiger partial charge in [0.05, 0.1) is 5.02 Å². The van der Waals surface area contributed by atoms with Gasteiger partial charge in [-0.1, -0.05) is 11.6 Å². The minimum Gasteiger partial charge on any atom is -0.294 e. The van der Waals surface area contributed by atoms with Gasteiger partial charge in [0.1, 0.15) is 0 Å². The molecule has 0 atom stereocenters. The van der Waals surface area contributed by atoms with Gasteiger partial charge in [-0.15, -0.1) is 0 Å². The highest BCUT2D eigenvalue weighted by atomic mass is 35.5. The number of carbonyl (C=O) groups is 1. The average Bonchev–Trinajstić information content (AvgIpc) is 2.11. The molecule has 4 nitrogen and oxygen atoms in total. The number of hydrogen-bond donors (Lipinski definition) is 1. The van der Waals surface area contributed by atoms with E-state index in [1.165, 1.54) is 13.0 Å². The molecule has 19 heavy (non-hydrogen) atoms. The Hall–Kier alpha value is -1.28. The number of ketones is 1. The number of alkyl halides is 3. The van der Waals surface area contributed by atoms with Gasteiger partial charge in [0.15, 0.2) is 11.5 Å². The highest BCUT2D eigenvalue weighted by molar-refractivity contribution is 7.92. The van der Waals surface area contributed by atoms with Crippen LogP contribution in [-0.4, -0.2) is 26.1 Å². The van der Waals surface area contributed by atoms with E-state index in [0.717, 1.165) is 12.1 Å². The van der Waals surface area contributed by atoms with Crippen LogP contribution in [0.1, 0.15) is 17.3 Å². The molecule has 0 spiro atoms. The van der Waals surface area contributed by atoms with E-state index >= 15 is 0 Å². The van der Waals surface area contributed by atoms with Gasteiger partial charge in [-0.2, -0.15) is 13.2 Å². The summed E-state index contributed by atoms with van der Waals surface area (Å²) in [5, 5.41) is -0.0419. The van der Waals surface area contributed by atoms with Crippen molar-refractivity contribution in [3.8, 4) is 0 Å². The second kappa shape index (κ2) is 5.38. The normalized spacial score (nSPS) is 12.3. The number of halogens is 4. The zero-order chi connectivity index (χ0) is 14.8. The van der Waals surface area contributed by atoms with Crippen molar-refractivity contribution in [1.29, 1.82) is 0 Å². The molecular weight excluding hydrogens is 307 g/mol. The molecule has 0 heterocycles. The molecule has 106 valence electrons. The second-order valence-corrected chi connectivity index (χ2v) is 5.86. The second-order valence-electron chi connectivity index (χ2n) is 3.73. The molecule has 1 aromatic carbocycles. The van der Waals surface area contributed by atoms with E-state index in [0.29, 0.717) is 0 Å². The van der Waals surface area contributed by atoms with E-state index in [4.69, 9.17) is 11.6 Å². The molecule has 0 bridgehead atoms.